The van der Waals surface area contributed by atoms with E-state index in [0.29, 0.717) is 18.0 Å². The molecule has 0 atom stereocenters. The summed E-state index contributed by atoms with van der Waals surface area (Å²) in [6, 6.07) is 17.7. The Morgan fingerprint density at radius 1 is 1.12 bits per heavy atom. The van der Waals surface area contributed by atoms with Crippen molar-refractivity contribution in [1.29, 1.82) is 0 Å². The normalized spacial score (nSPS) is 13.8. The van der Waals surface area contributed by atoms with Gasteiger partial charge in [-0.15, -0.1) is 11.8 Å². The van der Waals surface area contributed by atoms with Gasteiger partial charge in [0.1, 0.15) is 0 Å². The molecule has 0 N–H and O–H groups in total. The molecule has 3 aromatic rings. The van der Waals surface area contributed by atoms with Gasteiger partial charge in [-0.25, -0.2) is 4.68 Å². The number of amides is 1. The number of methoxy groups -OCH3 is 1. The van der Waals surface area contributed by atoms with Crippen LogP contribution < -0.4 is 9.64 Å². The lowest BCUT2D eigenvalue weighted by atomic mass is 10.2. The summed E-state index contributed by atoms with van der Waals surface area (Å²) >= 11 is 1.79. The highest BCUT2D eigenvalue weighted by atomic mass is 32.2. The number of hydrogen-bond donors (Lipinski definition) is 0. The zero-order chi connectivity index (χ0) is 17.9. The Morgan fingerprint density at radius 2 is 1.88 bits per heavy atom. The predicted molar refractivity (Wildman–Crippen MR) is 104 cm³/mol. The first-order chi connectivity index (χ1) is 12.8. The molecule has 2 aromatic carbocycles. The molecule has 2 heterocycles. The number of benzene rings is 2. The first-order valence-corrected chi connectivity index (χ1v) is 9.49. The Morgan fingerprint density at radius 3 is 2.69 bits per heavy atom. The van der Waals surface area contributed by atoms with Gasteiger partial charge in [-0.3, -0.25) is 4.79 Å². The summed E-state index contributed by atoms with van der Waals surface area (Å²) in [6.07, 6.45) is 2.69. The van der Waals surface area contributed by atoms with Crippen molar-refractivity contribution < 1.29 is 9.53 Å². The summed E-state index contributed by atoms with van der Waals surface area (Å²) in [5.41, 5.74) is 2.16. The third-order valence-electron chi connectivity index (χ3n) is 4.31. The number of carbonyl (C=O) groups excluding carboxylic acids is 1. The molecule has 0 unspecified atom stereocenters. The number of anilines is 1. The molecule has 0 spiro atoms. The molecule has 4 rings (SSSR count). The fourth-order valence-corrected chi connectivity index (χ4v) is 4.03. The van der Waals surface area contributed by atoms with E-state index in [9.17, 15) is 4.79 Å². The van der Waals surface area contributed by atoms with Gasteiger partial charge < -0.3 is 9.64 Å². The lowest BCUT2D eigenvalue weighted by Crippen LogP contribution is -2.32. The van der Waals surface area contributed by atoms with Crippen LogP contribution in [0.15, 0.2) is 65.7 Å². The van der Waals surface area contributed by atoms with Crippen molar-refractivity contribution in [2.24, 2.45) is 0 Å². The van der Waals surface area contributed by atoms with E-state index in [1.807, 2.05) is 53.4 Å². The summed E-state index contributed by atoms with van der Waals surface area (Å²) in [5, 5.41) is 4.52. The molecule has 0 saturated heterocycles. The fourth-order valence-electron chi connectivity index (χ4n) is 3.03. The highest BCUT2D eigenvalue weighted by Gasteiger charge is 2.27. The van der Waals surface area contributed by atoms with Gasteiger partial charge in [0.25, 0.3) is 5.91 Å². The summed E-state index contributed by atoms with van der Waals surface area (Å²) in [6.45, 7) is 0.671. The van der Waals surface area contributed by atoms with E-state index < -0.39 is 0 Å². The average molecular weight is 365 g/mol. The Balaban J connectivity index is 1.74. The maximum Gasteiger partial charge on any atom is 0.282 e. The fraction of sp³-hybridized carbons (Fsp3) is 0.200. The van der Waals surface area contributed by atoms with Gasteiger partial charge in [-0.1, -0.05) is 30.3 Å². The minimum absolute atomic E-state index is 0.133. The zero-order valence-electron chi connectivity index (χ0n) is 14.5. The van der Waals surface area contributed by atoms with Crippen LogP contribution in [0.2, 0.25) is 0 Å². The van der Waals surface area contributed by atoms with Crippen LogP contribution in [-0.2, 0) is 0 Å². The molecule has 1 aliphatic heterocycles. The number of aromatic nitrogens is 2. The van der Waals surface area contributed by atoms with Crippen LogP contribution in [0.25, 0.3) is 5.69 Å². The molecule has 0 fully saturated rings. The third kappa shape index (κ3) is 3.08. The van der Waals surface area contributed by atoms with Gasteiger partial charge in [0.2, 0.25) is 0 Å². The second kappa shape index (κ2) is 7.25. The molecule has 6 heteroatoms. The van der Waals surface area contributed by atoms with Crippen molar-refractivity contribution >= 4 is 23.4 Å². The molecule has 26 heavy (non-hydrogen) atoms. The van der Waals surface area contributed by atoms with E-state index >= 15 is 0 Å². The van der Waals surface area contributed by atoms with Crippen LogP contribution in [0, 0.1) is 0 Å². The molecular weight excluding hydrogens is 346 g/mol. The molecule has 0 saturated carbocycles. The summed E-state index contributed by atoms with van der Waals surface area (Å²) < 4.78 is 7.13. The van der Waals surface area contributed by atoms with Gasteiger partial charge in [0, 0.05) is 11.4 Å². The van der Waals surface area contributed by atoms with E-state index in [2.05, 4.69) is 11.2 Å². The van der Waals surface area contributed by atoms with Crippen molar-refractivity contribution in [2.75, 3.05) is 24.3 Å². The van der Waals surface area contributed by atoms with E-state index in [0.717, 1.165) is 28.4 Å². The zero-order valence-corrected chi connectivity index (χ0v) is 15.3. The number of para-hydroxylation sites is 2. The first kappa shape index (κ1) is 16.7. The summed E-state index contributed by atoms with van der Waals surface area (Å²) in [5.74, 6) is 1.34. The molecule has 132 valence electrons. The standard InChI is InChI=1S/C20H19N3O2S/c1-25-17-14-23(15-8-3-2-4-9-15)21-19(17)20(24)22-12-7-13-26-18-11-6-5-10-16(18)22/h2-6,8-11,14H,7,12-13H2,1H3. The predicted octanol–water partition coefficient (Wildman–Crippen LogP) is 4.02. The molecular formula is C20H19N3O2S. The molecule has 5 nitrogen and oxygen atoms in total. The molecule has 1 aliphatic rings. The van der Waals surface area contributed by atoms with Gasteiger partial charge in [-0.05, 0) is 36.4 Å². The SMILES string of the molecule is COc1cn(-c2ccccc2)nc1C(=O)N1CCCSc2ccccc21. The minimum Gasteiger partial charge on any atom is -0.493 e. The summed E-state index contributed by atoms with van der Waals surface area (Å²) in [7, 11) is 1.56. The average Bonchev–Trinajstić information content (AvgIpc) is 3.02. The second-order valence-corrected chi connectivity index (χ2v) is 7.09. The number of ether oxygens (including phenoxy) is 1. The van der Waals surface area contributed by atoms with Crippen molar-refractivity contribution in [2.45, 2.75) is 11.3 Å². The van der Waals surface area contributed by atoms with E-state index in [1.54, 1.807) is 29.8 Å². The number of thioether (sulfide) groups is 1. The first-order valence-electron chi connectivity index (χ1n) is 8.50. The third-order valence-corrected chi connectivity index (χ3v) is 5.46. The highest BCUT2D eigenvalue weighted by Crippen LogP contribution is 2.35. The van der Waals surface area contributed by atoms with Crippen LogP contribution in [0.3, 0.4) is 0 Å². The number of rotatable bonds is 3. The Bertz CT molecular complexity index is 924. The van der Waals surface area contributed by atoms with Crippen LogP contribution in [0.4, 0.5) is 5.69 Å². The number of carbonyl (C=O) groups is 1. The van der Waals surface area contributed by atoms with Crippen molar-refractivity contribution in [3.05, 3.63) is 66.5 Å². The van der Waals surface area contributed by atoms with Crippen molar-refractivity contribution in [3.63, 3.8) is 0 Å². The Kier molecular flexibility index (Phi) is 4.67. The number of fused-ring (bicyclic) bond motifs is 1. The van der Waals surface area contributed by atoms with Crippen molar-refractivity contribution in [1.82, 2.24) is 9.78 Å². The smallest absolute Gasteiger partial charge is 0.282 e. The molecule has 1 aromatic heterocycles. The van der Waals surface area contributed by atoms with E-state index in [1.165, 1.54) is 0 Å². The lowest BCUT2D eigenvalue weighted by molar-refractivity contribution is 0.0978. The maximum absolute atomic E-state index is 13.3. The summed E-state index contributed by atoms with van der Waals surface area (Å²) in [4.78, 5) is 16.2. The van der Waals surface area contributed by atoms with Crippen molar-refractivity contribution in [3.8, 4) is 11.4 Å². The van der Waals surface area contributed by atoms with Crippen LogP contribution >= 0.6 is 11.8 Å². The Labute approximate surface area is 156 Å². The van der Waals surface area contributed by atoms with Crippen LogP contribution in [-0.4, -0.2) is 35.1 Å². The lowest BCUT2D eigenvalue weighted by Gasteiger charge is -2.21. The topological polar surface area (TPSA) is 47.4 Å². The minimum atomic E-state index is -0.133. The highest BCUT2D eigenvalue weighted by molar-refractivity contribution is 7.99. The maximum atomic E-state index is 13.3. The molecule has 1 amide bonds. The van der Waals surface area contributed by atoms with E-state index in [-0.39, 0.29) is 5.91 Å². The Hall–Kier alpha value is -2.73. The van der Waals surface area contributed by atoms with Gasteiger partial charge in [0.15, 0.2) is 11.4 Å². The monoisotopic (exact) mass is 365 g/mol. The molecule has 0 aliphatic carbocycles. The van der Waals surface area contributed by atoms with Crippen LogP contribution in [0.5, 0.6) is 5.75 Å². The number of hydrogen-bond acceptors (Lipinski definition) is 4. The van der Waals surface area contributed by atoms with Crippen LogP contribution in [0.1, 0.15) is 16.9 Å². The molecule has 0 bridgehead atoms. The van der Waals surface area contributed by atoms with Gasteiger partial charge in [-0.2, -0.15) is 5.10 Å². The second-order valence-electron chi connectivity index (χ2n) is 5.95. The van der Waals surface area contributed by atoms with Gasteiger partial charge >= 0.3 is 0 Å². The number of nitrogens with zero attached hydrogens (tertiary/aromatic N) is 3. The van der Waals surface area contributed by atoms with Gasteiger partial charge in [0.05, 0.1) is 24.7 Å². The molecule has 0 radical (unpaired) electrons. The van der Waals surface area contributed by atoms with E-state index in [4.69, 9.17) is 4.74 Å². The quantitative estimate of drug-likeness (QED) is 0.703. The largest absolute Gasteiger partial charge is 0.493 e.